The van der Waals surface area contributed by atoms with Crippen LogP contribution in [0, 0.1) is 0 Å². The normalized spacial score (nSPS) is 23.6. The Morgan fingerprint density at radius 1 is 1.00 bits per heavy atom. The molecule has 1 aliphatic rings. The number of phenols is 4. The fraction of sp³-hybridized carbons (Fsp3) is 0.250. The molecule has 0 spiro atoms. The summed E-state index contributed by atoms with van der Waals surface area (Å²) in [7, 11) is 0. The molecule has 6 heteroatoms. The van der Waals surface area contributed by atoms with Crippen molar-refractivity contribution in [2.75, 3.05) is 0 Å². The van der Waals surface area contributed by atoms with E-state index in [-0.39, 0.29) is 35.2 Å². The molecule has 1 heterocycles. The molecular formula is C16H16O6. The first kappa shape index (κ1) is 14.3. The summed E-state index contributed by atoms with van der Waals surface area (Å²) in [4.78, 5) is 0. The van der Waals surface area contributed by atoms with E-state index < -0.39 is 11.7 Å². The highest BCUT2D eigenvalue weighted by Gasteiger charge is 2.43. The summed E-state index contributed by atoms with van der Waals surface area (Å²) in [5.74, 6) is -0.626. The molecule has 0 unspecified atom stereocenters. The zero-order valence-electron chi connectivity index (χ0n) is 11.8. The lowest BCUT2D eigenvalue weighted by molar-refractivity contribution is -0.0597. The van der Waals surface area contributed by atoms with Gasteiger partial charge in [0.15, 0.2) is 17.1 Å². The molecule has 0 aliphatic carbocycles. The Morgan fingerprint density at radius 3 is 2.41 bits per heavy atom. The molecule has 2 aromatic rings. The van der Waals surface area contributed by atoms with Crippen molar-refractivity contribution in [1.29, 1.82) is 0 Å². The Kier molecular flexibility index (Phi) is 3.07. The Hall–Kier alpha value is -2.60. The van der Waals surface area contributed by atoms with Crippen LogP contribution in [0.3, 0.4) is 0 Å². The van der Waals surface area contributed by atoms with Crippen molar-refractivity contribution in [2.45, 2.75) is 25.0 Å². The van der Waals surface area contributed by atoms with Crippen molar-refractivity contribution in [2.24, 2.45) is 0 Å². The molecule has 22 heavy (non-hydrogen) atoms. The Labute approximate surface area is 126 Å². The predicted octanol–water partition coefficient (Wildman–Crippen LogP) is 1.72. The highest BCUT2D eigenvalue weighted by Crippen LogP contribution is 2.45. The van der Waals surface area contributed by atoms with Crippen LogP contribution in [0.25, 0.3) is 0 Å². The van der Waals surface area contributed by atoms with Gasteiger partial charge >= 0.3 is 0 Å². The van der Waals surface area contributed by atoms with Crippen LogP contribution < -0.4 is 4.74 Å². The molecule has 0 saturated heterocycles. The highest BCUT2D eigenvalue weighted by molar-refractivity contribution is 5.53. The maximum atomic E-state index is 10.4. The van der Waals surface area contributed by atoms with Gasteiger partial charge in [-0.3, -0.25) is 0 Å². The first-order valence-corrected chi connectivity index (χ1v) is 6.75. The molecule has 3 rings (SSSR count). The molecule has 0 aromatic heterocycles. The number of phenolic OH excluding ortho intramolecular Hbond substituents is 4. The van der Waals surface area contributed by atoms with Crippen LogP contribution >= 0.6 is 0 Å². The molecular weight excluding hydrogens is 288 g/mol. The Balaban J connectivity index is 2.09. The van der Waals surface area contributed by atoms with E-state index in [1.54, 1.807) is 6.92 Å². The van der Waals surface area contributed by atoms with Gasteiger partial charge in [0, 0.05) is 29.7 Å². The number of rotatable bonds is 1. The van der Waals surface area contributed by atoms with Gasteiger partial charge in [0.1, 0.15) is 23.4 Å². The number of aliphatic hydroxyl groups is 1. The SMILES string of the molecule is C[C@]1(c2ccc(O)c(O)c2)Oc2cc(O)cc(O)c2C[C@H]1O. The minimum atomic E-state index is -1.20. The summed E-state index contributed by atoms with van der Waals surface area (Å²) in [6, 6.07) is 6.70. The quantitative estimate of drug-likeness (QED) is 0.513. The molecule has 1 aliphatic heterocycles. The lowest BCUT2D eigenvalue weighted by atomic mass is 9.83. The largest absolute Gasteiger partial charge is 0.508 e. The van der Waals surface area contributed by atoms with Crippen molar-refractivity contribution in [1.82, 2.24) is 0 Å². The third-order valence-electron chi connectivity index (χ3n) is 4.07. The van der Waals surface area contributed by atoms with Crippen molar-refractivity contribution in [3.05, 3.63) is 41.5 Å². The van der Waals surface area contributed by atoms with Crippen LogP contribution in [0.2, 0.25) is 0 Å². The molecule has 2 atom stereocenters. The van der Waals surface area contributed by atoms with Gasteiger partial charge < -0.3 is 30.3 Å². The van der Waals surface area contributed by atoms with Gasteiger partial charge in [0.05, 0.1) is 0 Å². The summed E-state index contributed by atoms with van der Waals surface area (Å²) >= 11 is 0. The van der Waals surface area contributed by atoms with Crippen LogP contribution in [-0.2, 0) is 12.0 Å². The molecule has 116 valence electrons. The molecule has 0 fully saturated rings. The van der Waals surface area contributed by atoms with E-state index >= 15 is 0 Å². The van der Waals surface area contributed by atoms with E-state index in [0.717, 1.165) is 0 Å². The number of aliphatic hydroxyl groups excluding tert-OH is 1. The minimum absolute atomic E-state index is 0.125. The maximum absolute atomic E-state index is 10.4. The smallest absolute Gasteiger partial charge is 0.157 e. The first-order chi connectivity index (χ1) is 10.3. The zero-order chi connectivity index (χ0) is 16.1. The van der Waals surface area contributed by atoms with Gasteiger partial charge in [-0.05, 0) is 19.1 Å². The van der Waals surface area contributed by atoms with E-state index in [1.807, 2.05) is 0 Å². The summed E-state index contributed by atoms with van der Waals surface area (Å²) < 4.78 is 5.81. The lowest BCUT2D eigenvalue weighted by Gasteiger charge is -2.40. The fourth-order valence-corrected chi connectivity index (χ4v) is 2.68. The molecule has 5 N–H and O–H groups in total. The topological polar surface area (TPSA) is 110 Å². The van der Waals surface area contributed by atoms with E-state index in [1.165, 1.54) is 30.3 Å². The van der Waals surface area contributed by atoms with Crippen LogP contribution in [0.4, 0.5) is 0 Å². The minimum Gasteiger partial charge on any atom is -0.508 e. The number of aromatic hydroxyl groups is 4. The van der Waals surface area contributed by atoms with Crippen molar-refractivity contribution >= 4 is 0 Å². The molecule has 0 amide bonds. The average molecular weight is 304 g/mol. The lowest BCUT2D eigenvalue weighted by Crippen LogP contribution is -2.46. The van der Waals surface area contributed by atoms with Crippen LogP contribution in [-0.4, -0.2) is 31.6 Å². The molecule has 0 radical (unpaired) electrons. The molecule has 2 aromatic carbocycles. The molecule has 0 bridgehead atoms. The maximum Gasteiger partial charge on any atom is 0.157 e. The first-order valence-electron chi connectivity index (χ1n) is 6.75. The highest BCUT2D eigenvalue weighted by atomic mass is 16.5. The predicted molar refractivity (Wildman–Crippen MR) is 77.2 cm³/mol. The number of benzene rings is 2. The molecule has 0 saturated carbocycles. The van der Waals surface area contributed by atoms with E-state index in [9.17, 15) is 25.5 Å². The Bertz CT molecular complexity index is 742. The van der Waals surface area contributed by atoms with Crippen molar-refractivity contribution in [3.63, 3.8) is 0 Å². The fourth-order valence-electron chi connectivity index (χ4n) is 2.68. The number of ether oxygens (including phenoxy) is 1. The van der Waals surface area contributed by atoms with E-state index in [4.69, 9.17) is 4.74 Å². The second-order valence-corrected chi connectivity index (χ2v) is 5.57. The van der Waals surface area contributed by atoms with E-state index in [0.29, 0.717) is 11.1 Å². The average Bonchev–Trinajstić information content (AvgIpc) is 2.44. The van der Waals surface area contributed by atoms with Crippen LogP contribution in [0.1, 0.15) is 18.1 Å². The second-order valence-electron chi connectivity index (χ2n) is 5.57. The van der Waals surface area contributed by atoms with Gasteiger partial charge in [0.2, 0.25) is 0 Å². The van der Waals surface area contributed by atoms with Gasteiger partial charge in [-0.15, -0.1) is 0 Å². The number of hydrogen-bond acceptors (Lipinski definition) is 6. The molecule has 6 nitrogen and oxygen atoms in total. The number of fused-ring (bicyclic) bond motifs is 1. The van der Waals surface area contributed by atoms with Gasteiger partial charge in [0.25, 0.3) is 0 Å². The van der Waals surface area contributed by atoms with E-state index in [2.05, 4.69) is 0 Å². The third kappa shape index (κ3) is 2.08. The summed E-state index contributed by atoms with van der Waals surface area (Å²) in [6.45, 7) is 1.63. The van der Waals surface area contributed by atoms with Crippen molar-refractivity contribution in [3.8, 4) is 28.7 Å². The van der Waals surface area contributed by atoms with Gasteiger partial charge in [-0.1, -0.05) is 6.07 Å². The van der Waals surface area contributed by atoms with Crippen LogP contribution in [0.15, 0.2) is 30.3 Å². The van der Waals surface area contributed by atoms with Gasteiger partial charge in [-0.25, -0.2) is 0 Å². The summed E-state index contributed by atoms with van der Waals surface area (Å²) in [6.07, 6.45) is -0.862. The Morgan fingerprint density at radius 2 is 1.73 bits per heavy atom. The monoisotopic (exact) mass is 304 g/mol. The van der Waals surface area contributed by atoms with Crippen molar-refractivity contribution < 1.29 is 30.3 Å². The third-order valence-corrected chi connectivity index (χ3v) is 4.07. The van der Waals surface area contributed by atoms with Gasteiger partial charge in [-0.2, -0.15) is 0 Å². The number of hydrogen-bond donors (Lipinski definition) is 5. The summed E-state index contributed by atoms with van der Waals surface area (Å²) in [5, 5.41) is 48.9. The van der Waals surface area contributed by atoms with Crippen LogP contribution in [0.5, 0.6) is 28.7 Å². The summed E-state index contributed by atoms with van der Waals surface area (Å²) in [5.41, 5.74) is -0.326. The second kappa shape index (κ2) is 4.71. The zero-order valence-corrected chi connectivity index (χ0v) is 11.8. The standard InChI is InChI=1S/C16H16O6/c1-16(8-2-3-11(18)13(20)4-8)15(21)7-10-12(19)5-9(17)6-14(10)22-16/h2-6,15,17-21H,7H2,1H3/t15-,16-/m1/s1.